The van der Waals surface area contributed by atoms with Crippen molar-refractivity contribution in [3.8, 4) is 0 Å². The molecule has 0 spiro atoms. The molecule has 1 fully saturated rings. The van der Waals surface area contributed by atoms with Crippen LogP contribution < -0.4 is 5.73 Å². The fraction of sp³-hybridized carbons (Fsp3) is 0.556. The predicted octanol–water partition coefficient (Wildman–Crippen LogP) is -0.779. The monoisotopic (exact) mass is 211 g/mol. The molecule has 0 radical (unpaired) electrons. The van der Waals surface area contributed by atoms with E-state index < -0.39 is 12.0 Å². The number of nitrogens with two attached hydrogens (primary N) is 1. The van der Waals surface area contributed by atoms with Crippen LogP contribution in [-0.4, -0.2) is 41.3 Å². The molecule has 0 amide bonds. The van der Waals surface area contributed by atoms with Gasteiger partial charge in [0.1, 0.15) is 12.1 Å². The summed E-state index contributed by atoms with van der Waals surface area (Å²) in [5, 5.41) is 0. The molecule has 3 N–H and O–H groups in total. The molecule has 1 aliphatic rings. The van der Waals surface area contributed by atoms with Gasteiger partial charge < -0.3 is 20.2 Å². The van der Waals surface area contributed by atoms with Crippen molar-refractivity contribution < 1.29 is 14.3 Å². The summed E-state index contributed by atoms with van der Waals surface area (Å²) in [5.41, 5.74) is 6.50. The summed E-state index contributed by atoms with van der Waals surface area (Å²) in [4.78, 5) is 18.2. The Morgan fingerprint density at radius 1 is 1.80 bits per heavy atom. The summed E-state index contributed by atoms with van der Waals surface area (Å²) in [6, 6.07) is -0.647. The number of H-pyrrole nitrogens is 1. The minimum absolute atomic E-state index is 0.120. The van der Waals surface area contributed by atoms with Crippen LogP contribution in [0.5, 0.6) is 0 Å². The van der Waals surface area contributed by atoms with E-state index in [-0.39, 0.29) is 6.10 Å². The molecular formula is C9H13N3O3. The lowest BCUT2D eigenvalue weighted by atomic mass is 10.2. The Labute approximate surface area is 86.8 Å². The Morgan fingerprint density at radius 2 is 2.60 bits per heavy atom. The average molecular weight is 211 g/mol. The lowest BCUT2D eigenvalue weighted by Crippen LogP contribution is -2.43. The molecule has 0 saturated carbocycles. The van der Waals surface area contributed by atoms with Crippen LogP contribution in [0.25, 0.3) is 0 Å². The number of ether oxygens (including phenoxy) is 2. The van der Waals surface area contributed by atoms with Crippen LogP contribution in [0.15, 0.2) is 12.5 Å². The van der Waals surface area contributed by atoms with Crippen molar-refractivity contribution in [2.24, 2.45) is 5.73 Å². The van der Waals surface area contributed by atoms with Gasteiger partial charge in [0.15, 0.2) is 0 Å². The van der Waals surface area contributed by atoms with Gasteiger partial charge in [-0.05, 0) is 0 Å². The molecule has 2 heterocycles. The summed E-state index contributed by atoms with van der Waals surface area (Å²) in [6.07, 6.45) is 3.48. The first kappa shape index (κ1) is 10.1. The Bertz CT molecular complexity index is 321. The van der Waals surface area contributed by atoms with E-state index in [1.165, 1.54) is 0 Å². The Morgan fingerprint density at radius 3 is 3.13 bits per heavy atom. The molecule has 0 bridgehead atoms. The summed E-state index contributed by atoms with van der Waals surface area (Å²) < 4.78 is 9.96. The van der Waals surface area contributed by atoms with Crippen LogP contribution in [0.1, 0.15) is 5.69 Å². The first-order chi connectivity index (χ1) is 7.25. The largest absolute Gasteiger partial charge is 0.456 e. The van der Waals surface area contributed by atoms with Crippen LogP contribution in [0, 0.1) is 0 Å². The topological polar surface area (TPSA) is 90.2 Å². The lowest BCUT2D eigenvalue weighted by molar-refractivity contribution is -0.173. The molecule has 2 rings (SSSR count). The standard InChI is InChI=1S/C9H13N3O3/c10-8(1-6-2-11-5-12-6)9(13)15-7-3-14-4-7/h2,5,7-8H,1,3-4,10H2,(H,11,12). The van der Waals surface area contributed by atoms with E-state index in [1.54, 1.807) is 12.5 Å². The van der Waals surface area contributed by atoms with Crippen LogP contribution in [0.2, 0.25) is 0 Å². The van der Waals surface area contributed by atoms with Gasteiger partial charge in [0.2, 0.25) is 0 Å². The molecular weight excluding hydrogens is 198 g/mol. The number of aromatic nitrogens is 2. The van der Waals surface area contributed by atoms with Crippen LogP contribution >= 0.6 is 0 Å². The number of aromatic amines is 1. The van der Waals surface area contributed by atoms with Gasteiger partial charge >= 0.3 is 5.97 Å². The van der Waals surface area contributed by atoms with Gasteiger partial charge in [0.25, 0.3) is 0 Å². The van der Waals surface area contributed by atoms with Gasteiger partial charge in [-0.1, -0.05) is 0 Å². The highest BCUT2D eigenvalue weighted by molar-refractivity contribution is 5.76. The van der Waals surface area contributed by atoms with Gasteiger partial charge in [-0.25, -0.2) is 4.98 Å². The minimum atomic E-state index is -0.647. The van der Waals surface area contributed by atoms with Crippen LogP contribution in [0.3, 0.4) is 0 Å². The Balaban J connectivity index is 1.79. The third-order valence-electron chi connectivity index (χ3n) is 2.19. The average Bonchev–Trinajstić information content (AvgIpc) is 2.63. The molecule has 1 aromatic heterocycles. The third kappa shape index (κ3) is 2.54. The zero-order chi connectivity index (χ0) is 10.7. The first-order valence-corrected chi connectivity index (χ1v) is 4.77. The van der Waals surface area contributed by atoms with Crippen molar-refractivity contribution in [3.05, 3.63) is 18.2 Å². The number of nitrogens with zero attached hydrogens (tertiary/aromatic N) is 1. The van der Waals surface area contributed by atoms with Gasteiger partial charge in [0, 0.05) is 18.3 Å². The van der Waals surface area contributed by atoms with E-state index in [4.69, 9.17) is 15.2 Å². The van der Waals surface area contributed by atoms with Crippen molar-refractivity contribution in [1.29, 1.82) is 0 Å². The number of hydrogen-bond donors (Lipinski definition) is 2. The van der Waals surface area contributed by atoms with Crippen molar-refractivity contribution in [3.63, 3.8) is 0 Å². The molecule has 1 saturated heterocycles. The molecule has 15 heavy (non-hydrogen) atoms. The summed E-state index contributed by atoms with van der Waals surface area (Å²) in [7, 11) is 0. The quantitative estimate of drug-likeness (QED) is 0.638. The van der Waals surface area contributed by atoms with Gasteiger partial charge in [-0.15, -0.1) is 0 Å². The van der Waals surface area contributed by atoms with Crippen LogP contribution in [-0.2, 0) is 20.7 Å². The minimum Gasteiger partial charge on any atom is -0.456 e. The molecule has 6 nitrogen and oxygen atoms in total. The van der Waals surface area contributed by atoms with E-state index in [0.717, 1.165) is 5.69 Å². The zero-order valence-corrected chi connectivity index (χ0v) is 8.18. The first-order valence-electron chi connectivity index (χ1n) is 4.77. The number of imidazole rings is 1. The number of carbonyl (C=O) groups excluding carboxylic acids is 1. The maximum absolute atomic E-state index is 11.4. The summed E-state index contributed by atoms with van der Waals surface area (Å²) >= 11 is 0. The zero-order valence-electron chi connectivity index (χ0n) is 8.18. The molecule has 1 atom stereocenters. The predicted molar refractivity (Wildman–Crippen MR) is 51.0 cm³/mol. The lowest BCUT2D eigenvalue weighted by Gasteiger charge is -2.26. The second-order valence-electron chi connectivity index (χ2n) is 3.48. The van der Waals surface area contributed by atoms with E-state index in [2.05, 4.69) is 9.97 Å². The maximum atomic E-state index is 11.4. The fourth-order valence-electron chi connectivity index (χ4n) is 1.25. The van der Waals surface area contributed by atoms with Crippen molar-refractivity contribution in [1.82, 2.24) is 9.97 Å². The molecule has 0 aromatic carbocycles. The number of esters is 1. The van der Waals surface area contributed by atoms with E-state index in [0.29, 0.717) is 19.6 Å². The van der Waals surface area contributed by atoms with Crippen molar-refractivity contribution in [2.75, 3.05) is 13.2 Å². The number of carbonyl (C=O) groups is 1. The highest BCUT2D eigenvalue weighted by Crippen LogP contribution is 2.07. The molecule has 0 aliphatic carbocycles. The van der Waals surface area contributed by atoms with Crippen molar-refractivity contribution >= 4 is 5.97 Å². The summed E-state index contributed by atoms with van der Waals surface area (Å²) in [6.45, 7) is 0.949. The number of rotatable bonds is 4. The smallest absolute Gasteiger partial charge is 0.323 e. The molecule has 1 aliphatic heterocycles. The van der Waals surface area contributed by atoms with E-state index in [1.807, 2.05) is 0 Å². The highest BCUT2D eigenvalue weighted by Gasteiger charge is 2.26. The maximum Gasteiger partial charge on any atom is 0.323 e. The van der Waals surface area contributed by atoms with Gasteiger partial charge in [-0.3, -0.25) is 4.79 Å². The highest BCUT2D eigenvalue weighted by atomic mass is 16.6. The van der Waals surface area contributed by atoms with Gasteiger partial charge in [-0.2, -0.15) is 0 Å². The summed E-state index contributed by atoms with van der Waals surface area (Å²) in [5.74, 6) is -0.391. The van der Waals surface area contributed by atoms with E-state index >= 15 is 0 Å². The SMILES string of the molecule is NC(Cc1cnc[nH]1)C(=O)OC1COC1. The van der Waals surface area contributed by atoms with E-state index in [9.17, 15) is 4.79 Å². The van der Waals surface area contributed by atoms with Gasteiger partial charge in [0.05, 0.1) is 19.5 Å². The van der Waals surface area contributed by atoms with Crippen LogP contribution in [0.4, 0.5) is 0 Å². The Hall–Kier alpha value is -1.40. The molecule has 6 heteroatoms. The van der Waals surface area contributed by atoms with Crippen molar-refractivity contribution in [2.45, 2.75) is 18.6 Å². The fourth-order valence-corrected chi connectivity index (χ4v) is 1.25. The molecule has 82 valence electrons. The second kappa shape index (κ2) is 4.41. The second-order valence-corrected chi connectivity index (χ2v) is 3.48. The molecule has 1 unspecified atom stereocenters. The number of nitrogens with one attached hydrogen (secondary N) is 1. The molecule has 1 aromatic rings. The number of hydrogen-bond acceptors (Lipinski definition) is 5. The normalized spacial score (nSPS) is 18.2. The third-order valence-corrected chi connectivity index (χ3v) is 2.19. The Kier molecular flexibility index (Phi) is 2.98.